The third-order valence-corrected chi connectivity index (χ3v) is 3.58. The van der Waals surface area contributed by atoms with Crippen molar-refractivity contribution in [1.82, 2.24) is 0 Å². The molecule has 1 fully saturated rings. The standard InChI is InChI=1S/C12H15NO4/c1-17-11-7-9(13(15)16)3-4-10(11)12(8-14)5-2-6-12/h3-4,7,14H,2,5-6,8H2,1H3. The summed E-state index contributed by atoms with van der Waals surface area (Å²) >= 11 is 0. The summed E-state index contributed by atoms with van der Waals surface area (Å²) < 4.78 is 5.20. The van der Waals surface area contributed by atoms with Gasteiger partial charge in [-0.05, 0) is 18.9 Å². The Morgan fingerprint density at radius 2 is 2.24 bits per heavy atom. The Morgan fingerprint density at radius 3 is 2.65 bits per heavy atom. The van der Waals surface area contributed by atoms with Crippen LogP contribution in [0.2, 0.25) is 0 Å². The smallest absolute Gasteiger partial charge is 0.273 e. The Hall–Kier alpha value is -1.62. The van der Waals surface area contributed by atoms with Gasteiger partial charge in [-0.3, -0.25) is 10.1 Å². The molecule has 17 heavy (non-hydrogen) atoms. The van der Waals surface area contributed by atoms with Gasteiger partial charge in [0, 0.05) is 17.0 Å². The second-order valence-corrected chi connectivity index (χ2v) is 4.43. The zero-order valence-corrected chi connectivity index (χ0v) is 9.68. The van der Waals surface area contributed by atoms with Gasteiger partial charge in [0.15, 0.2) is 0 Å². The SMILES string of the molecule is COc1cc([N+](=O)[O-])ccc1C1(CO)CCC1. The summed E-state index contributed by atoms with van der Waals surface area (Å²) in [4.78, 5) is 10.2. The molecular formula is C12H15NO4. The number of benzene rings is 1. The van der Waals surface area contributed by atoms with E-state index in [2.05, 4.69) is 0 Å². The van der Waals surface area contributed by atoms with E-state index in [0.717, 1.165) is 24.8 Å². The average Bonchev–Trinajstić information content (AvgIpc) is 2.28. The van der Waals surface area contributed by atoms with E-state index in [1.165, 1.54) is 19.2 Å². The van der Waals surface area contributed by atoms with Gasteiger partial charge in [0.1, 0.15) is 5.75 Å². The maximum absolute atomic E-state index is 10.7. The van der Waals surface area contributed by atoms with Gasteiger partial charge in [0.25, 0.3) is 5.69 Å². The Labute approximate surface area is 99.2 Å². The predicted octanol–water partition coefficient (Wildman–Crippen LogP) is 2.02. The van der Waals surface area contributed by atoms with E-state index in [0.29, 0.717) is 5.75 Å². The topological polar surface area (TPSA) is 72.6 Å². The average molecular weight is 237 g/mol. The molecule has 0 radical (unpaired) electrons. The molecule has 92 valence electrons. The van der Waals surface area contributed by atoms with Gasteiger partial charge in [0.05, 0.1) is 24.7 Å². The molecule has 2 rings (SSSR count). The minimum absolute atomic E-state index is 0.0120. The van der Waals surface area contributed by atoms with E-state index < -0.39 is 4.92 Å². The number of hydrogen-bond acceptors (Lipinski definition) is 4. The first-order valence-corrected chi connectivity index (χ1v) is 5.57. The summed E-state index contributed by atoms with van der Waals surface area (Å²) in [6.45, 7) is 0.0567. The van der Waals surface area contributed by atoms with E-state index in [9.17, 15) is 15.2 Å². The summed E-state index contributed by atoms with van der Waals surface area (Å²) in [5.41, 5.74) is 0.623. The van der Waals surface area contributed by atoms with Crippen LogP contribution in [0.3, 0.4) is 0 Å². The molecule has 0 aliphatic heterocycles. The van der Waals surface area contributed by atoms with Crippen molar-refractivity contribution >= 4 is 5.69 Å². The molecular weight excluding hydrogens is 222 g/mol. The highest BCUT2D eigenvalue weighted by molar-refractivity contribution is 5.48. The number of nitro groups is 1. The number of aliphatic hydroxyl groups is 1. The van der Waals surface area contributed by atoms with Gasteiger partial charge in [-0.1, -0.05) is 6.42 Å². The van der Waals surface area contributed by atoms with Crippen LogP contribution in [0.4, 0.5) is 5.69 Å². The number of ether oxygens (including phenoxy) is 1. The van der Waals surface area contributed by atoms with E-state index in [1.807, 2.05) is 0 Å². The Morgan fingerprint density at radius 1 is 1.53 bits per heavy atom. The quantitative estimate of drug-likeness (QED) is 0.642. The van der Waals surface area contributed by atoms with E-state index in [4.69, 9.17) is 4.74 Å². The largest absolute Gasteiger partial charge is 0.496 e. The van der Waals surface area contributed by atoms with Crippen molar-refractivity contribution in [3.63, 3.8) is 0 Å². The third-order valence-electron chi connectivity index (χ3n) is 3.58. The van der Waals surface area contributed by atoms with Crippen LogP contribution in [0, 0.1) is 10.1 Å². The van der Waals surface area contributed by atoms with E-state index in [1.54, 1.807) is 6.07 Å². The van der Waals surface area contributed by atoms with Crippen LogP contribution >= 0.6 is 0 Å². The molecule has 5 heteroatoms. The number of rotatable bonds is 4. The number of methoxy groups -OCH3 is 1. The monoisotopic (exact) mass is 237 g/mol. The molecule has 1 saturated carbocycles. The van der Waals surface area contributed by atoms with Crippen molar-refractivity contribution in [3.8, 4) is 5.75 Å². The van der Waals surface area contributed by atoms with Crippen molar-refractivity contribution in [1.29, 1.82) is 0 Å². The predicted molar refractivity (Wildman–Crippen MR) is 62.3 cm³/mol. The maximum atomic E-state index is 10.7. The zero-order chi connectivity index (χ0) is 12.5. The van der Waals surface area contributed by atoms with Crippen LogP contribution in [-0.4, -0.2) is 23.7 Å². The van der Waals surface area contributed by atoms with Gasteiger partial charge in [-0.15, -0.1) is 0 Å². The molecule has 1 aromatic rings. The van der Waals surface area contributed by atoms with Crippen LogP contribution < -0.4 is 4.74 Å². The number of nitro benzene ring substituents is 1. The van der Waals surface area contributed by atoms with Crippen LogP contribution in [0.15, 0.2) is 18.2 Å². The minimum Gasteiger partial charge on any atom is -0.496 e. The normalized spacial score (nSPS) is 17.3. The van der Waals surface area contributed by atoms with Crippen LogP contribution in [0.1, 0.15) is 24.8 Å². The molecule has 1 N–H and O–H groups in total. The Kier molecular flexibility index (Phi) is 3.02. The highest BCUT2D eigenvalue weighted by Gasteiger charge is 2.40. The van der Waals surface area contributed by atoms with Crippen LogP contribution in [0.25, 0.3) is 0 Å². The van der Waals surface area contributed by atoms with Crippen molar-refractivity contribution < 1.29 is 14.8 Å². The lowest BCUT2D eigenvalue weighted by atomic mass is 9.65. The Balaban J connectivity index is 2.44. The summed E-state index contributed by atoms with van der Waals surface area (Å²) in [7, 11) is 1.49. The Bertz CT molecular complexity index is 435. The van der Waals surface area contributed by atoms with Gasteiger partial charge >= 0.3 is 0 Å². The molecule has 0 atom stereocenters. The van der Waals surface area contributed by atoms with Crippen molar-refractivity contribution in [3.05, 3.63) is 33.9 Å². The van der Waals surface area contributed by atoms with E-state index >= 15 is 0 Å². The molecule has 0 heterocycles. The first kappa shape index (κ1) is 11.9. The molecule has 0 amide bonds. The second kappa shape index (κ2) is 4.33. The second-order valence-electron chi connectivity index (χ2n) is 4.43. The molecule has 0 unspecified atom stereocenters. The molecule has 1 aromatic carbocycles. The van der Waals surface area contributed by atoms with E-state index in [-0.39, 0.29) is 17.7 Å². The van der Waals surface area contributed by atoms with Crippen molar-refractivity contribution in [2.24, 2.45) is 0 Å². The fourth-order valence-corrected chi connectivity index (χ4v) is 2.35. The fraction of sp³-hybridized carbons (Fsp3) is 0.500. The molecule has 1 aliphatic carbocycles. The fourth-order valence-electron chi connectivity index (χ4n) is 2.35. The molecule has 5 nitrogen and oxygen atoms in total. The van der Waals surface area contributed by atoms with Gasteiger partial charge in [0.2, 0.25) is 0 Å². The lowest BCUT2D eigenvalue weighted by Crippen LogP contribution is -2.38. The third kappa shape index (κ3) is 1.86. The molecule has 0 aromatic heterocycles. The van der Waals surface area contributed by atoms with Crippen molar-refractivity contribution in [2.75, 3.05) is 13.7 Å². The number of aliphatic hydroxyl groups excluding tert-OH is 1. The zero-order valence-electron chi connectivity index (χ0n) is 9.68. The van der Waals surface area contributed by atoms with Crippen LogP contribution in [-0.2, 0) is 5.41 Å². The minimum atomic E-state index is -0.446. The highest BCUT2D eigenvalue weighted by atomic mass is 16.6. The highest BCUT2D eigenvalue weighted by Crippen LogP contribution is 2.47. The van der Waals surface area contributed by atoms with Gasteiger partial charge in [-0.2, -0.15) is 0 Å². The summed E-state index contributed by atoms with van der Waals surface area (Å²) in [6.07, 6.45) is 2.87. The molecule has 0 bridgehead atoms. The lowest BCUT2D eigenvalue weighted by Gasteiger charge is -2.41. The molecule has 0 spiro atoms. The molecule has 0 saturated heterocycles. The molecule has 1 aliphatic rings. The van der Waals surface area contributed by atoms with Crippen LogP contribution in [0.5, 0.6) is 5.75 Å². The number of hydrogen-bond donors (Lipinski definition) is 1. The van der Waals surface area contributed by atoms with Gasteiger partial charge < -0.3 is 9.84 Å². The maximum Gasteiger partial charge on any atom is 0.273 e. The summed E-state index contributed by atoms with van der Waals surface area (Å²) in [5.74, 6) is 0.493. The first-order valence-electron chi connectivity index (χ1n) is 5.57. The number of nitrogens with zero attached hydrogens (tertiary/aromatic N) is 1. The number of non-ortho nitro benzene ring substituents is 1. The summed E-state index contributed by atoms with van der Waals surface area (Å²) in [5, 5.41) is 20.2. The first-order chi connectivity index (χ1) is 8.13. The summed E-state index contributed by atoms with van der Waals surface area (Å²) in [6, 6.07) is 4.59. The lowest BCUT2D eigenvalue weighted by molar-refractivity contribution is -0.385. The van der Waals surface area contributed by atoms with Crippen molar-refractivity contribution in [2.45, 2.75) is 24.7 Å². The van der Waals surface area contributed by atoms with Gasteiger partial charge in [-0.25, -0.2) is 0 Å².